The van der Waals surface area contributed by atoms with Gasteiger partial charge in [0.25, 0.3) is 0 Å². The molecule has 0 aliphatic heterocycles. The molecule has 0 amide bonds. The molecule has 0 aromatic heterocycles. The van der Waals surface area contributed by atoms with Crippen molar-refractivity contribution in [2.75, 3.05) is 0 Å². The SMILES string of the molecule is CC(CCCCCCCC(=O)O)CCCCCCCC(=O)O. The number of carbonyl (C=O) groups is 2. The second kappa shape index (κ2) is 14.9. The van der Waals surface area contributed by atoms with E-state index in [1.807, 2.05) is 0 Å². The molecule has 0 bridgehead atoms. The summed E-state index contributed by atoms with van der Waals surface area (Å²) in [4.78, 5) is 20.7. The zero-order valence-electron chi connectivity index (χ0n) is 14.2. The Balaban J connectivity index is 3.21. The summed E-state index contributed by atoms with van der Waals surface area (Å²) in [6, 6.07) is 0. The van der Waals surface area contributed by atoms with E-state index in [1.165, 1.54) is 38.5 Å². The lowest BCUT2D eigenvalue weighted by molar-refractivity contribution is -0.138. The summed E-state index contributed by atoms with van der Waals surface area (Å²) in [6.07, 6.45) is 14.1. The van der Waals surface area contributed by atoms with Crippen LogP contribution in [-0.2, 0) is 9.59 Å². The van der Waals surface area contributed by atoms with Crippen molar-refractivity contribution in [1.29, 1.82) is 0 Å². The van der Waals surface area contributed by atoms with Crippen LogP contribution in [0.25, 0.3) is 0 Å². The highest BCUT2D eigenvalue weighted by Gasteiger charge is 2.03. The van der Waals surface area contributed by atoms with Gasteiger partial charge in [0.05, 0.1) is 0 Å². The number of carboxylic acid groups (broad SMARTS) is 2. The Kier molecular flexibility index (Phi) is 14.1. The van der Waals surface area contributed by atoms with Gasteiger partial charge in [0.2, 0.25) is 0 Å². The van der Waals surface area contributed by atoms with Crippen LogP contribution in [0, 0.1) is 5.92 Å². The van der Waals surface area contributed by atoms with Crippen molar-refractivity contribution in [1.82, 2.24) is 0 Å². The Morgan fingerprint density at radius 3 is 1.32 bits per heavy atom. The first-order valence-corrected chi connectivity index (χ1v) is 8.96. The van der Waals surface area contributed by atoms with Crippen molar-refractivity contribution in [3.63, 3.8) is 0 Å². The smallest absolute Gasteiger partial charge is 0.303 e. The summed E-state index contributed by atoms with van der Waals surface area (Å²) < 4.78 is 0. The molecule has 4 nitrogen and oxygen atoms in total. The first kappa shape index (κ1) is 20.9. The number of unbranched alkanes of at least 4 members (excludes halogenated alkanes) is 8. The molecule has 130 valence electrons. The van der Waals surface area contributed by atoms with Gasteiger partial charge in [-0.2, -0.15) is 0 Å². The van der Waals surface area contributed by atoms with Gasteiger partial charge < -0.3 is 10.2 Å². The standard InChI is InChI=1S/C18H34O4/c1-16(12-8-4-2-6-10-14-17(19)20)13-9-5-3-7-11-15-18(21)22/h16H,2-15H2,1H3,(H,19,20)(H,21,22). The largest absolute Gasteiger partial charge is 0.481 e. The number of hydrogen-bond donors (Lipinski definition) is 2. The van der Waals surface area contributed by atoms with Crippen LogP contribution >= 0.6 is 0 Å². The molecule has 0 unspecified atom stereocenters. The highest BCUT2D eigenvalue weighted by Crippen LogP contribution is 2.18. The van der Waals surface area contributed by atoms with Gasteiger partial charge in [-0.15, -0.1) is 0 Å². The van der Waals surface area contributed by atoms with Crippen LogP contribution in [0.3, 0.4) is 0 Å². The van der Waals surface area contributed by atoms with Crippen molar-refractivity contribution < 1.29 is 19.8 Å². The van der Waals surface area contributed by atoms with Gasteiger partial charge in [0.1, 0.15) is 0 Å². The molecule has 0 saturated carbocycles. The summed E-state index contributed by atoms with van der Waals surface area (Å²) in [7, 11) is 0. The Morgan fingerprint density at radius 2 is 0.955 bits per heavy atom. The third-order valence-electron chi connectivity index (χ3n) is 4.18. The maximum atomic E-state index is 10.4. The molecule has 0 radical (unpaired) electrons. The summed E-state index contributed by atoms with van der Waals surface area (Å²) in [5.74, 6) is -0.591. The molecule has 0 heterocycles. The van der Waals surface area contributed by atoms with E-state index in [0.717, 1.165) is 44.4 Å². The quantitative estimate of drug-likeness (QED) is 0.381. The Bertz CT molecular complexity index is 261. The zero-order chi connectivity index (χ0) is 16.6. The van der Waals surface area contributed by atoms with Crippen LogP contribution in [0.15, 0.2) is 0 Å². The van der Waals surface area contributed by atoms with Gasteiger partial charge in [-0.25, -0.2) is 0 Å². The molecule has 0 aliphatic rings. The lowest BCUT2D eigenvalue weighted by atomic mass is 9.96. The molecule has 2 N–H and O–H groups in total. The molecular weight excluding hydrogens is 280 g/mol. The first-order chi connectivity index (χ1) is 10.5. The van der Waals surface area contributed by atoms with E-state index < -0.39 is 11.9 Å². The number of carboxylic acids is 2. The van der Waals surface area contributed by atoms with E-state index in [4.69, 9.17) is 10.2 Å². The highest BCUT2D eigenvalue weighted by molar-refractivity contribution is 5.66. The first-order valence-electron chi connectivity index (χ1n) is 8.96. The van der Waals surface area contributed by atoms with Crippen molar-refractivity contribution in [2.24, 2.45) is 5.92 Å². The molecule has 22 heavy (non-hydrogen) atoms. The van der Waals surface area contributed by atoms with Gasteiger partial charge in [-0.05, 0) is 18.8 Å². The lowest BCUT2D eigenvalue weighted by Crippen LogP contribution is -1.96. The average Bonchev–Trinajstić information content (AvgIpc) is 2.44. The second-order valence-corrected chi connectivity index (χ2v) is 6.51. The van der Waals surface area contributed by atoms with E-state index in [1.54, 1.807) is 0 Å². The van der Waals surface area contributed by atoms with E-state index in [9.17, 15) is 9.59 Å². The van der Waals surface area contributed by atoms with Gasteiger partial charge in [0.15, 0.2) is 0 Å². The Labute approximate surface area is 135 Å². The van der Waals surface area contributed by atoms with E-state index in [0.29, 0.717) is 12.8 Å². The minimum atomic E-state index is -0.684. The van der Waals surface area contributed by atoms with Crippen LogP contribution < -0.4 is 0 Å². The number of aliphatic carboxylic acids is 2. The third kappa shape index (κ3) is 17.0. The molecule has 4 heteroatoms. The number of rotatable bonds is 16. The average molecular weight is 314 g/mol. The fourth-order valence-corrected chi connectivity index (χ4v) is 2.74. The molecule has 0 saturated heterocycles. The zero-order valence-corrected chi connectivity index (χ0v) is 14.2. The molecule has 0 atom stereocenters. The van der Waals surface area contributed by atoms with Crippen LogP contribution in [0.4, 0.5) is 0 Å². The van der Waals surface area contributed by atoms with Crippen LogP contribution in [0.2, 0.25) is 0 Å². The Morgan fingerprint density at radius 1 is 0.636 bits per heavy atom. The molecule has 0 aliphatic carbocycles. The minimum absolute atomic E-state index is 0.308. The maximum absolute atomic E-state index is 10.4. The summed E-state index contributed by atoms with van der Waals surface area (Å²) in [5.41, 5.74) is 0. The van der Waals surface area contributed by atoms with Crippen molar-refractivity contribution in [2.45, 2.75) is 96.8 Å². The van der Waals surface area contributed by atoms with Crippen molar-refractivity contribution in [3.05, 3.63) is 0 Å². The van der Waals surface area contributed by atoms with Crippen LogP contribution in [-0.4, -0.2) is 22.2 Å². The molecule has 0 fully saturated rings. The number of hydrogen-bond acceptors (Lipinski definition) is 2. The van der Waals surface area contributed by atoms with Gasteiger partial charge in [-0.1, -0.05) is 71.1 Å². The normalized spacial score (nSPS) is 11.0. The van der Waals surface area contributed by atoms with E-state index in [-0.39, 0.29) is 0 Å². The van der Waals surface area contributed by atoms with Crippen LogP contribution in [0.1, 0.15) is 96.8 Å². The second-order valence-electron chi connectivity index (χ2n) is 6.51. The lowest BCUT2D eigenvalue weighted by Gasteiger charge is -2.11. The Hall–Kier alpha value is -1.06. The van der Waals surface area contributed by atoms with Crippen LogP contribution in [0.5, 0.6) is 0 Å². The molecule has 0 aromatic carbocycles. The highest BCUT2D eigenvalue weighted by atomic mass is 16.4. The van der Waals surface area contributed by atoms with Gasteiger partial charge in [-0.3, -0.25) is 9.59 Å². The maximum Gasteiger partial charge on any atom is 0.303 e. The predicted molar refractivity (Wildman–Crippen MR) is 89.1 cm³/mol. The van der Waals surface area contributed by atoms with Gasteiger partial charge >= 0.3 is 11.9 Å². The van der Waals surface area contributed by atoms with E-state index in [2.05, 4.69) is 6.92 Å². The third-order valence-corrected chi connectivity index (χ3v) is 4.18. The molecule has 0 rings (SSSR count). The molecule has 0 spiro atoms. The topological polar surface area (TPSA) is 74.6 Å². The summed E-state index contributed by atoms with van der Waals surface area (Å²) in [5, 5.41) is 17.1. The van der Waals surface area contributed by atoms with E-state index >= 15 is 0 Å². The van der Waals surface area contributed by atoms with Gasteiger partial charge in [0, 0.05) is 12.8 Å². The fraction of sp³-hybridized carbons (Fsp3) is 0.889. The van der Waals surface area contributed by atoms with Crippen molar-refractivity contribution >= 4 is 11.9 Å². The predicted octanol–water partition coefficient (Wildman–Crippen LogP) is 5.25. The molecular formula is C18H34O4. The monoisotopic (exact) mass is 314 g/mol. The minimum Gasteiger partial charge on any atom is -0.481 e. The van der Waals surface area contributed by atoms with Crippen molar-refractivity contribution in [3.8, 4) is 0 Å². The molecule has 0 aromatic rings. The summed E-state index contributed by atoms with van der Waals surface area (Å²) >= 11 is 0. The summed E-state index contributed by atoms with van der Waals surface area (Å²) in [6.45, 7) is 2.31. The fourth-order valence-electron chi connectivity index (χ4n) is 2.74.